The molecular weight excluding hydrogens is 310 g/mol. The largest absolute Gasteiger partial charge is 0.508 e. The molecule has 0 saturated carbocycles. The smallest absolute Gasteiger partial charge is 0.307 e. The molecule has 0 bridgehead atoms. The number of hydrogen-bond acceptors (Lipinski definition) is 6. The summed E-state index contributed by atoms with van der Waals surface area (Å²) in [4.78, 5) is 25.3. The quantitative estimate of drug-likeness (QED) is 0.520. The Labute approximate surface area is 131 Å². The van der Waals surface area contributed by atoms with Crippen LogP contribution in [0.1, 0.15) is 12.0 Å². The van der Waals surface area contributed by atoms with E-state index in [0.717, 1.165) is 5.56 Å². The topological polar surface area (TPSA) is 66.8 Å². The number of thioether (sulfide) groups is 1. The van der Waals surface area contributed by atoms with Crippen LogP contribution in [-0.2, 0) is 14.3 Å². The van der Waals surface area contributed by atoms with Crippen molar-refractivity contribution in [3.8, 4) is 5.75 Å². The Kier molecular flexibility index (Phi) is 4.98. The first-order valence-corrected chi connectivity index (χ1v) is 7.35. The zero-order valence-corrected chi connectivity index (χ0v) is 12.9. The van der Waals surface area contributed by atoms with E-state index in [9.17, 15) is 14.7 Å². The van der Waals surface area contributed by atoms with Gasteiger partial charge in [-0.2, -0.15) is 0 Å². The highest BCUT2D eigenvalue weighted by Gasteiger charge is 2.32. The summed E-state index contributed by atoms with van der Waals surface area (Å²) >= 11 is 6.35. The molecule has 21 heavy (non-hydrogen) atoms. The number of benzene rings is 1. The lowest BCUT2D eigenvalue weighted by atomic mass is 10.2. The molecule has 0 atom stereocenters. The number of hydrogen-bond donors (Lipinski definition) is 1. The summed E-state index contributed by atoms with van der Waals surface area (Å²) in [5.41, 5.74) is 0.793. The maximum absolute atomic E-state index is 12.2. The summed E-state index contributed by atoms with van der Waals surface area (Å²) in [6.07, 6.45) is 1.81. The lowest BCUT2D eigenvalue weighted by Gasteiger charge is -2.12. The zero-order chi connectivity index (χ0) is 15.4. The van der Waals surface area contributed by atoms with Gasteiger partial charge < -0.3 is 9.84 Å². The molecule has 7 heteroatoms. The fraction of sp³-hybridized carbons (Fsp3) is 0.214. The molecule has 1 N–H and O–H groups in total. The van der Waals surface area contributed by atoms with Crippen molar-refractivity contribution in [1.29, 1.82) is 0 Å². The van der Waals surface area contributed by atoms with E-state index in [2.05, 4.69) is 4.74 Å². The minimum atomic E-state index is -0.383. The molecule has 0 radical (unpaired) electrons. The lowest BCUT2D eigenvalue weighted by molar-refractivity contribution is -0.140. The SMILES string of the molecule is COC(=O)CCN1C(=O)C(=Cc2ccc(O)cc2)SC1=S. The Hall–Kier alpha value is -1.86. The number of methoxy groups -OCH3 is 1. The van der Waals surface area contributed by atoms with Gasteiger partial charge in [0, 0.05) is 6.54 Å². The zero-order valence-electron chi connectivity index (χ0n) is 11.2. The number of nitrogens with zero attached hydrogens (tertiary/aromatic N) is 1. The van der Waals surface area contributed by atoms with Crippen LogP contribution in [-0.4, -0.2) is 39.9 Å². The average Bonchev–Trinajstić information content (AvgIpc) is 2.73. The van der Waals surface area contributed by atoms with E-state index in [1.54, 1.807) is 30.3 Å². The highest BCUT2D eigenvalue weighted by molar-refractivity contribution is 8.26. The average molecular weight is 323 g/mol. The van der Waals surface area contributed by atoms with E-state index in [1.165, 1.54) is 23.8 Å². The Morgan fingerprint density at radius 3 is 2.71 bits per heavy atom. The van der Waals surface area contributed by atoms with E-state index in [0.29, 0.717) is 9.23 Å². The molecule has 0 unspecified atom stereocenters. The van der Waals surface area contributed by atoms with Gasteiger partial charge in [0.05, 0.1) is 18.4 Å². The van der Waals surface area contributed by atoms with Gasteiger partial charge in [0.2, 0.25) is 0 Å². The first kappa shape index (κ1) is 15.5. The van der Waals surface area contributed by atoms with E-state index in [4.69, 9.17) is 12.2 Å². The molecule has 2 rings (SSSR count). The van der Waals surface area contributed by atoms with Crippen molar-refractivity contribution >= 4 is 46.3 Å². The Morgan fingerprint density at radius 1 is 1.43 bits per heavy atom. The maximum Gasteiger partial charge on any atom is 0.307 e. The molecule has 1 amide bonds. The van der Waals surface area contributed by atoms with Crippen molar-refractivity contribution in [2.75, 3.05) is 13.7 Å². The number of ether oxygens (including phenoxy) is 1. The first-order chi connectivity index (χ1) is 10.0. The molecule has 1 heterocycles. The monoisotopic (exact) mass is 323 g/mol. The van der Waals surface area contributed by atoms with Crippen LogP contribution < -0.4 is 0 Å². The normalized spacial score (nSPS) is 16.6. The maximum atomic E-state index is 12.2. The predicted octanol–water partition coefficient (Wildman–Crippen LogP) is 2.16. The number of aromatic hydroxyl groups is 1. The number of phenolic OH excluding ortho intramolecular Hbond substituents is 1. The van der Waals surface area contributed by atoms with Crippen LogP contribution in [0.2, 0.25) is 0 Å². The molecule has 0 spiro atoms. The van der Waals surface area contributed by atoms with Gasteiger partial charge in [-0.15, -0.1) is 0 Å². The molecule has 1 aromatic rings. The second kappa shape index (κ2) is 6.73. The first-order valence-electron chi connectivity index (χ1n) is 6.12. The van der Waals surface area contributed by atoms with E-state index < -0.39 is 0 Å². The van der Waals surface area contributed by atoms with Crippen molar-refractivity contribution in [2.24, 2.45) is 0 Å². The molecule has 1 fully saturated rings. The summed E-state index contributed by atoms with van der Waals surface area (Å²) in [6, 6.07) is 6.50. The Morgan fingerprint density at radius 2 is 2.10 bits per heavy atom. The molecule has 0 aromatic heterocycles. The van der Waals surface area contributed by atoms with Gasteiger partial charge in [0.15, 0.2) is 0 Å². The van der Waals surface area contributed by atoms with Crippen LogP contribution in [0.3, 0.4) is 0 Å². The van der Waals surface area contributed by atoms with Crippen molar-refractivity contribution < 1.29 is 19.4 Å². The van der Waals surface area contributed by atoms with Crippen LogP contribution in [0.5, 0.6) is 5.75 Å². The highest BCUT2D eigenvalue weighted by Crippen LogP contribution is 2.32. The number of carbonyl (C=O) groups excluding carboxylic acids is 2. The van der Waals surface area contributed by atoms with Crippen molar-refractivity contribution in [1.82, 2.24) is 4.90 Å². The second-order valence-corrected chi connectivity index (χ2v) is 5.93. The minimum absolute atomic E-state index is 0.107. The van der Waals surface area contributed by atoms with Gasteiger partial charge in [-0.1, -0.05) is 36.1 Å². The third kappa shape index (κ3) is 3.83. The van der Waals surface area contributed by atoms with Gasteiger partial charge in [0.1, 0.15) is 10.1 Å². The molecule has 5 nitrogen and oxygen atoms in total. The molecule has 1 aliphatic heterocycles. The van der Waals surface area contributed by atoms with Gasteiger partial charge in [-0.25, -0.2) is 0 Å². The molecule has 0 aliphatic carbocycles. The number of thiocarbonyl (C=S) groups is 1. The molecule has 1 aromatic carbocycles. The van der Waals surface area contributed by atoms with Crippen molar-refractivity contribution in [3.05, 3.63) is 34.7 Å². The third-order valence-corrected chi connectivity index (χ3v) is 4.21. The molecular formula is C14H13NO4S2. The highest BCUT2D eigenvalue weighted by atomic mass is 32.2. The second-order valence-electron chi connectivity index (χ2n) is 4.25. The predicted molar refractivity (Wildman–Crippen MR) is 84.6 cm³/mol. The number of carbonyl (C=O) groups is 2. The van der Waals surface area contributed by atoms with E-state index >= 15 is 0 Å². The third-order valence-electron chi connectivity index (χ3n) is 2.83. The van der Waals surface area contributed by atoms with E-state index in [-0.39, 0.29) is 30.6 Å². The summed E-state index contributed by atoms with van der Waals surface area (Å²) in [7, 11) is 1.30. The Bertz CT molecular complexity index is 610. The molecule has 1 saturated heterocycles. The van der Waals surface area contributed by atoms with Crippen LogP contribution >= 0.6 is 24.0 Å². The number of esters is 1. The molecule has 1 aliphatic rings. The Balaban J connectivity index is 2.10. The summed E-state index contributed by atoms with van der Waals surface area (Å²) in [6.45, 7) is 0.213. The van der Waals surface area contributed by atoms with Crippen LogP contribution in [0, 0.1) is 0 Å². The van der Waals surface area contributed by atoms with Crippen LogP contribution in [0.15, 0.2) is 29.2 Å². The van der Waals surface area contributed by atoms with Gasteiger partial charge in [-0.05, 0) is 23.8 Å². The lowest BCUT2D eigenvalue weighted by Crippen LogP contribution is -2.30. The number of rotatable bonds is 4. The minimum Gasteiger partial charge on any atom is -0.508 e. The number of phenols is 1. The number of amides is 1. The van der Waals surface area contributed by atoms with Crippen LogP contribution in [0.25, 0.3) is 6.08 Å². The summed E-state index contributed by atoms with van der Waals surface area (Å²) in [5.74, 6) is -0.439. The van der Waals surface area contributed by atoms with Gasteiger partial charge >= 0.3 is 5.97 Å². The van der Waals surface area contributed by atoms with Crippen molar-refractivity contribution in [2.45, 2.75) is 6.42 Å². The van der Waals surface area contributed by atoms with Crippen molar-refractivity contribution in [3.63, 3.8) is 0 Å². The fourth-order valence-corrected chi connectivity index (χ4v) is 3.03. The summed E-state index contributed by atoms with van der Waals surface area (Å²) in [5, 5.41) is 9.23. The van der Waals surface area contributed by atoms with E-state index in [1.807, 2.05) is 0 Å². The fourth-order valence-electron chi connectivity index (χ4n) is 1.72. The van der Waals surface area contributed by atoms with Gasteiger partial charge in [-0.3, -0.25) is 14.5 Å². The standard InChI is InChI=1S/C14H13NO4S2/c1-19-12(17)6-7-15-13(18)11(21-14(15)20)8-9-2-4-10(16)5-3-9/h2-5,8,16H,6-7H2,1H3. The summed E-state index contributed by atoms with van der Waals surface area (Å²) < 4.78 is 4.97. The molecule has 110 valence electrons. The van der Waals surface area contributed by atoms with Gasteiger partial charge in [0.25, 0.3) is 5.91 Å². The van der Waals surface area contributed by atoms with Crippen LogP contribution in [0.4, 0.5) is 0 Å².